The van der Waals surface area contributed by atoms with Crippen LogP contribution in [-0.2, 0) is 0 Å². The van der Waals surface area contributed by atoms with Gasteiger partial charge in [-0.1, -0.05) is 25.7 Å². The Morgan fingerprint density at radius 2 is 1.65 bits per heavy atom. The van der Waals surface area contributed by atoms with Gasteiger partial charge >= 0.3 is 0 Å². The predicted octanol–water partition coefficient (Wildman–Crippen LogP) is 3.95. The third kappa shape index (κ3) is 3.57. The van der Waals surface area contributed by atoms with Crippen LogP contribution in [0.3, 0.4) is 0 Å². The number of nitrogens with one attached hydrogen (secondary N) is 1. The average molecular weight is 278 g/mol. The van der Waals surface area contributed by atoms with E-state index in [0.717, 1.165) is 6.04 Å². The molecule has 1 aliphatic heterocycles. The maximum atomic E-state index is 3.87. The van der Waals surface area contributed by atoms with Crippen LogP contribution < -0.4 is 5.32 Å². The van der Waals surface area contributed by atoms with Gasteiger partial charge in [0.25, 0.3) is 0 Å². The van der Waals surface area contributed by atoms with Gasteiger partial charge < -0.3 is 5.32 Å². The highest BCUT2D eigenvalue weighted by Crippen LogP contribution is 2.40. The van der Waals surface area contributed by atoms with Gasteiger partial charge in [-0.15, -0.1) is 0 Å². The molecule has 0 aromatic heterocycles. The molecule has 2 nitrogen and oxygen atoms in total. The van der Waals surface area contributed by atoms with Crippen molar-refractivity contribution < 1.29 is 0 Å². The summed E-state index contributed by atoms with van der Waals surface area (Å²) >= 11 is 0. The Hall–Kier alpha value is -0.0800. The quantitative estimate of drug-likeness (QED) is 0.766. The normalized spacial score (nSPS) is 30.3. The first-order valence-corrected chi connectivity index (χ1v) is 9.08. The molecule has 2 saturated carbocycles. The van der Waals surface area contributed by atoms with Crippen LogP contribution in [0.4, 0.5) is 0 Å². The Balaban J connectivity index is 1.66. The maximum absolute atomic E-state index is 3.87. The van der Waals surface area contributed by atoms with E-state index in [0.29, 0.717) is 11.0 Å². The molecule has 3 fully saturated rings. The molecule has 2 heteroatoms. The van der Waals surface area contributed by atoms with E-state index in [9.17, 15) is 0 Å². The van der Waals surface area contributed by atoms with Crippen LogP contribution in [0.2, 0.25) is 0 Å². The van der Waals surface area contributed by atoms with Crippen LogP contribution in [0, 0.1) is 5.41 Å². The van der Waals surface area contributed by atoms with Crippen LogP contribution in [0.5, 0.6) is 0 Å². The molecule has 1 heterocycles. The van der Waals surface area contributed by atoms with Gasteiger partial charge in [-0.25, -0.2) is 0 Å². The van der Waals surface area contributed by atoms with Gasteiger partial charge in [0.1, 0.15) is 0 Å². The van der Waals surface area contributed by atoms with E-state index in [1.165, 1.54) is 83.8 Å². The van der Waals surface area contributed by atoms with Gasteiger partial charge in [-0.05, 0) is 64.3 Å². The molecule has 3 aliphatic rings. The second-order valence-electron chi connectivity index (χ2n) is 8.41. The molecule has 0 radical (unpaired) electrons. The van der Waals surface area contributed by atoms with Crippen molar-refractivity contribution in [3.05, 3.63) is 0 Å². The monoisotopic (exact) mass is 278 g/mol. The fraction of sp³-hybridized carbons (Fsp3) is 1.00. The first kappa shape index (κ1) is 14.8. The van der Waals surface area contributed by atoms with E-state index >= 15 is 0 Å². The third-order valence-electron chi connectivity index (χ3n) is 6.11. The molecule has 1 saturated heterocycles. The van der Waals surface area contributed by atoms with E-state index in [1.54, 1.807) is 0 Å². The Morgan fingerprint density at radius 3 is 2.20 bits per heavy atom. The summed E-state index contributed by atoms with van der Waals surface area (Å²) < 4.78 is 0. The number of nitrogens with zero attached hydrogens (tertiary/aromatic N) is 1. The molecular weight excluding hydrogens is 244 g/mol. The third-order valence-corrected chi connectivity index (χ3v) is 6.11. The maximum Gasteiger partial charge on any atom is 0.0153 e. The van der Waals surface area contributed by atoms with E-state index in [2.05, 4.69) is 24.1 Å². The Kier molecular flexibility index (Phi) is 4.42. The second kappa shape index (κ2) is 5.96. The SMILES string of the molecule is CC1(C)CCCN1CC1(CNC2CC2)CCCCCC1. The van der Waals surface area contributed by atoms with Crippen LogP contribution >= 0.6 is 0 Å². The number of likely N-dealkylation sites (tertiary alicyclic amines) is 1. The van der Waals surface area contributed by atoms with Gasteiger partial charge in [-0.3, -0.25) is 4.90 Å². The van der Waals surface area contributed by atoms with Crippen LogP contribution in [0.25, 0.3) is 0 Å². The lowest BCUT2D eigenvalue weighted by Gasteiger charge is -2.42. The van der Waals surface area contributed by atoms with Crippen molar-refractivity contribution in [3.8, 4) is 0 Å². The van der Waals surface area contributed by atoms with Crippen molar-refractivity contribution in [1.82, 2.24) is 10.2 Å². The molecular formula is C18H34N2. The Labute approximate surface area is 125 Å². The minimum atomic E-state index is 0.443. The zero-order valence-corrected chi connectivity index (χ0v) is 13.7. The molecule has 0 amide bonds. The van der Waals surface area contributed by atoms with Crippen LogP contribution in [-0.4, -0.2) is 36.1 Å². The molecule has 0 spiro atoms. The molecule has 0 atom stereocenters. The van der Waals surface area contributed by atoms with Crippen molar-refractivity contribution in [2.75, 3.05) is 19.6 Å². The molecule has 0 unspecified atom stereocenters. The topological polar surface area (TPSA) is 15.3 Å². The standard InChI is InChI=1S/C18H34N2/c1-17(2)10-7-13-20(17)15-18(14-19-16-8-9-16)11-5-3-4-6-12-18/h16,19H,3-15H2,1-2H3. The highest BCUT2D eigenvalue weighted by molar-refractivity contribution is 4.96. The predicted molar refractivity (Wildman–Crippen MR) is 86.0 cm³/mol. The number of rotatable bonds is 5. The lowest BCUT2D eigenvalue weighted by molar-refractivity contribution is 0.0811. The summed E-state index contributed by atoms with van der Waals surface area (Å²) in [7, 11) is 0. The first-order valence-electron chi connectivity index (χ1n) is 9.08. The fourth-order valence-corrected chi connectivity index (χ4v) is 4.38. The van der Waals surface area contributed by atoms with E-state index < -0.39 is 0 Å². The lowest BCUT2D eigenvalue weighted by Crippen LogP contribution is -2.49. The highest BCUT2D eigenvalue weighted by Gasteiger charge is 2.40. The van der Waals surface area contributed by atoms with Crippen molar-refractivity contribution in [1.29, 1.82) is 0 Å². The van der Waals surface area contributed by atoms with Crippen molar-refractivity contribution in [2.45, 2.75) is 89.6 Å². The van der Waals surface area contributed by atoms with E-state index in [-0.39, 0.29) is 0 Å². The molecule has 0 aromatic carbocycles. The lowest BCUT2D eigenvalue weighted by atomic mass is 9.79. The summed E-state index contributed by atoms with van der Waals surface area (Å²) in [6.07, 6.45) is 14.4. The molecule has 116 valence electrons. The molecule has 20 heavy (non-hydrogen) atoms. The van der Waals surface area contributed by atoms with Crippen molar-refractivity contribution in [2.24, 2.45) is 5.41 Å². The number of hydrogen-bond donors (Lipinski definition) is 1. The highest BCUT2D eigenvalue weighted by atomic mass is 15.2. The summed E-state index contributed by atoms with van der Waals surface area (Å²) in [5.41, 5.74) is 1.01. The average Bonchev–Trinajstić information content (AvgIpc) is 3.19. The summed E-state index contributed by atoms with van der Waals surface area (Å²) in [6.45, 7) is 8.87. The van der Waals surface area contributed by atoms with Gasteiger partial charge in [0.05, 0.1) is 0 Å². The van der Waals surface area contributed by atoms with Gasteiger partial charge in [0.15, 0.2) is 0 Å². The Bertz CT molecular complexity index is 311. The molecule has 0 bridgehead atoms. The van der Waals surface area contributed by atoms with Gasteiger partial charge in [-0.2, -0.15) is 0 Å². The molecule has 3 rings (SSSR count). The number of hydrogen-bond acceptors (Lipinski definition) is 2. The summed E-state index contributed by atoms with van der Waals surface area (Å²) in [4.78, 5) is 2.81. The minimum absolute atomic E-state index is 0.443. The van der Waals surface area contributed by atoms with Crippen LogP contribution in [0.15, 0.2) is 0 Å². The molecule has 1 N–H and O–H groups in total. The van der Waals surface area contributed by atoms with Gasteiger partial charge in [0, 0.05) is 24.7 Å². The van der Waals surface area contributed by atoms with Gasteiger partial charge in [0.2, 0.25) is 0 Å². The second-order valence-corrected chi connectivity index (χ2v) is 8.41. The zero-order chi connectivity index (χ0) is 14.1. The first-order chi connectivity index (χ1) is 9.60. The summed E-state index contributed by atoms with van der Waals surface area (Å²) in [6, 6.07) is 0.863. The Morgan fingerprint density at radius 1 is 0.950 bits per heavy atom. The van der Waals surface area contributed by atoms with E-state index in [1.807, 2.05) is 0 Å². The summed E-state index contributed by atoms with van der Waals surface area (Å²) in [5, 5.41) is 3.87. The molecule has 0 aromatic rings. The van der Waals surface area contributed by atoms with E-state index in [4.69, 9.17) is 0 Å². The molecule has 2 aliphatic carbocycles. The van der Waals surface area contributed by atoms with Crippen LogP contribution in [0.1, 0.15) is 78.1 Å². The largest absolute Gasteiger partial charge is 0.313 e. The van der Waals surface area contributed by atoms with Crippen molar-refractivity contribution in [3.63, 3.8) is 0 Å². The minimum Gasteiger partial charge on any atom is -0.313 e. The summed E-state index contributed by atoms with van der Waals surface area (Å²) in [5.74, 6) is 0. The smallest absolute Gasteiger partial charge is 0.0153 e. The zero-order valence-electron chi connectivity index (χ0n) is 13.7. The van der Waals surface area contributed by atoms with Crippen molar-refractivity contribution >= 4 is 0 Å². The fourth-order valence-electron chi connectivity index (χ4n) is 4.38.